The minimum atomic E-state index is -4.61. The first-order chi connectivity index (χ1) is 9.60. The highest BCUT2D eigenvalue weighted by molar-refractivity contribution is 8.02. The van der Waals surface area contributed by atoms with Gasteiger partial charge in [0.05, 0.1) is 16.8 Å². The number of nitrogens with zero attached hydrogens (tertiary/aromatic N) is 2. The summed E-state index contributed by atoms with van der Waals surface area (Å²) < 4.78 is 39.7. The zero-order valence-corrected chi connectivity index (χ0v) is 12.4. The van der Waals surface area contributed by atoms with Crippen LogP contribution in [0.1, 0.15) is 25.0 Å². The van der Waals surface area contributed by atoms with Crippen molar-refractivity contribution in [2.45, 2.75) is 31.4 Å². The van der Waals surface area contributed by atoms with Crippen LogP contribution in [0.5, 0.6) is 0 Å². The fraction of sp³-hybridized carbons (Fsp3) is 0.500. The van der Waals surface area contributed by atoms with Crippen molar-refractivity contribution in [1.29, 1.82) is 0 Å². The van der Waals surface area contributed by atoms with Gasteiger partial charge < -0.3 is 0 Å². The summed E-state index contributed by atoms with van der Waals surface area (Å²) in [5.74, 6) is -0.123. The second-order valence-corrected chi connectivity index (χ2v) is 6.09. The molecule has 116 valence electrons. The Balaban J connectivity index is 2.28. The number of hydrogen-bond donors (Lipinski definition) is 1. The van der Waals surface area contributed by atoms with E-state index in [1.807, 2.05) is 0 Å². The van der Waals surface area contributed by atoms with Crippen LogP contribution in [-0.4, -0.2) is 15.4 Å². The van der Waals surface area contributed by atoms with Crippen LogP contribution in [0.15, 0.2) is 22.1 Å². The van der Waals surface area contributed by atoms with Gasteiger partial charge in [-0.3, -0.25) is 15.1 Å². The molecular weight excluding hydrogens is 307 g/mol. The molecule has 1 N–H and O–H groups in total. The molecule has 0 amide bonds. The lowest BCUT2D eigenvalue weighted by molar-refractivity contribution is -0.138. The van der Waals surface area contributed by atoms with Crippen molar-refractivity contribution >= 4 is 11.8 Å². The zero-order valence-electron chi connectivity index (χ0n) is 11.6. The molecule has 1 aromatic rings. The quantitative estimate of drug-likeness (QED) is 0.925. The molecule has 0 bridgehead atoms. The van der Waals surface area contributed by atoms with E-state index in [9.17, 15) is 18.0 Å². The Morgan fingerprint density at radius 3 is 2.67 bits per heavy atom. The molecule has 0 aliphatic carbocycles. The molecule has 5 nitrogen and oxygen atoms in total. The van der Waals surface area contributed by atoms with Crippen molar-refractivity contribution in [3.63, 3.8) is 0 Å². The normalized spacial score (nSPS) is 17.5. The summed E-state index contributed by atoms with van der Waals surface area (Å²) in [6.07, 6.45) is -2.19. The Morgan fingerprint density at radius 1 is 1.48 bits per heavy atom. The molecule has 21 heavy (non-hydrogen) atoms. The summed E-state index contributed by atoms with van der Waals surface area (Å²) in [6.45, 7) is 3.61. The molecule has 1 aromatic heterocycles. The first kappa shape index (κ1) is 15.9. The molecule has 0 spiro atoms. The van der Waals surface area contributed by atoms with Gasteiger partial charge in [0, 0.05) is 18.4 Å². The maximum absolute atomic E-state index is 12.9. The Labute approximate surface area is 123 Å². The maximum atomic E-state index is 12.9. The Hall–Kier alpha value is -1.48. The lowest BCUT2D eigenvalue weighted by Gasteiger charge is -2.12. The number of hydroxylamine groups is 1. The van der Waals surface area contributed by atoms with Crippen LogP contribution in [0.3, 0.4) is 0 Å². The van der Waals surface area contributed by atoms with Crippen LogP contribution in [0.2, 0.25) is 0 Å². The highest BCUT2D eigenvalue weighted by Crippen LogP contribution is 2.33. The third-order valence-electron chi connectivity index (χ3n) is 2.81. The van der Waals surface area contributed by atoms with Gasteiger partial charge in [-0.1, -0.05) is 0 Å². The number of halogens is 3. The summed E-state index contributed by atoms with van der Waals surface area (Å²) in [7, 11) is 1.32. The van der Waals surface area contributed by atoms with Crippen LogP contribution in [-0.2, 0) is 23.8 Å². The van der Waals surface area contributed by atoms with E-state index in [0.29, 0.717) is 11.2 Å². The van der Waals surface area contributed by atoms with Crippen molar-refractivity contribution in [2.75, 3.05) is 0 Å². The minimum Gasteiger partial charge on any atom is -0.267 e. The predicted octanol–water partition coefficient (Wildman–Crippen LogP) is 2.19. The molecule has 1 aliphatic heterocycles. The summed E-state index contributed by atoms with van der Waals surface area (Å²) >= 11 is 1.08. The van der Waals surface area contributed by atoms with Crippen LogP contribution in [0, 0.1) is 0 Å². The Morgan fingerprint density at radius 2 is 2.14 bits per heavy atom. The van der Waals surface area contributed by atoms with Crippen LogP contribution in [0.25, 0.3) is 0 Å². The first-order valence-electron chi connectivity index (χ1n) is 6.02. The van der Waals surface area contributed by atoms with E-state index < -0.39 is 22.9 Å². The van der Waals surface area contributed by atoms with Gasteiger partial charge in [-0.15, -0.1) is 11.8 Å². The minimum absolute atomic E-state index is 0.123. The molecule has 0 aromatic carbocycles. The monoisotopic (exact) mass is 321 g/mol. The Bertz CT molecular complexity index is 638. The Kier molecular flexibility index (Phi) is 4.07. The van der Waals surface area contributed by atoms with Crippen molar-refractivity contribution < 1.29 is 18.0 Å². The van der Waals surface area contributed by atoms with Crippen LogP contribution in [0.4, 0.5) is 13.2 Å². The molecule has 0 radical (unpaired) electrons. The second-order valence-electron chi connectivity index (χ2n) is 5.07. The fourth-order valence-corrected chi connectivity index (χ4v) is 2.79. The van der Waals surface area contributed by atoms with Gasteiger partial charge in [-0.05, 0) is 19.9 Å². The SMILES string of the molecule is Cn1ncc(C(F)(F)F)c(CSC2=CC(C)(C)ON2)c1=O. The molecule has 2 rings (SSSR count). The third kappa shape index (κ3) is 3.59. The van der Waals surface area contributed by atoms with Gasteiger partial charge in [-0.25, -0.2) is 4.68 Å². The largest absolute Gasteiger partial charge is 0.418 e. The number of aryl methyl sites for hydroxylation is 1. The van der Waals surface area contributed by atoms with Gasteiger partial charge in [0.15, 0.2) is 0 Å². The summed E-state index contributed by atoms with van der Waals surface area (Å²) in [5, 5.41) is 4.00. The van der Waals surface area contributed by atoms with Gasteiger partial charge >= 0.3 is 6.18 Å². The summed E-state index contributed by atoms with van der Waals surface area (Å²) in [5.41, 5.74) is 0.0200. The second kappa shape index (κ2) is 5.38. The molecule has 0 fully saturated rings. The van der Waals surface area contributed by atoms with E-state index in [4.69, 9.17) is 4.84 Å². The average molecular weight is 321 g/mol. The third-order valence-corrected chi connectivity index (χ3v) is 3.75. The fourth-order valence-electron chi connectivity index (χ4n) is 1.75. The molecule has 0 saturated carbocycles. The van der Waals surface area contributed by atoms with Crippen molar-refractivity contribution in [3.05, 3.63) is 38.8 Å². The number of hydrogen-bond acceptors (Lipinski definition) is 5. The van der Waals surface area contributed by atoms with E-state index in [2.05, 4.69) is 10.6 Å². The zero-order chi connectivity index (χ0) is 15.8. The van der Waals surface area contributed by atoms with Gasteiger partial charge in [-0.2, -0.15) is 18.3 Å². The topological polar surface area (TPSA) is 56.1 Å². The summed E-state index contributed by atoms with van der Waals surface area (Å²) in [4.78, 5) is 17.1. The predicted molar refractivity (Wildman–Crippen MR) is 72.2 cm³/mol. The number of rotatable bonds is 3. The molecular formula is C12H14F3N3O2S. The number of thioether (sulfide) groups is 1. The van der Waals surface area contributed by atoms with Crippen molar-refractivity contribution in [2.24, 2.45) is 7.05 Å². The molecule has 0 saturated heterocycles. The summed E-state index contributed by atoms with van der Waals surface area (Å²) in [6, 6.07) is 0. The molecule has 1 aliphatic rings. The van der Waals surface area contributed by atoms with E-state index in [1.165, 1.54) is 7.05 Å². The first-order valence-corrected chi connectivity index (χ1v) is 7.01. The molecule has 0 atom stereocenters. The van der Waals surface area contributed by atoms with Gasteiger partial charge in [0.1, 0.15) is 5.60 Å². The van der Waals surface area contributed by atoms with E-state index in [-0.39, 0.29) is 11.3 Å². The maximum Gasteiger partial charge on any atom is 0.418 e. The molecule has 0 unspecified atom stereocenters. The molecule has 9 heteroatoms. The number of aromatic nitrogens is 2. The van der Waals surface area contributed by atoms with Gasteiger partial charge in [0.2, 0.25) is 0 Å². The van der Waals surface area contributed by atoms with E-state index >= 15 is 0 Å². The lowest BCUT2D eigenvalue weighted by atomic mass is 10.1. The molecule has 2 heterocycles. The smallest absolute Gasteiger partial charge is 0.267 e. The van der Waals surface area contributed by atoms with Crippen LogP contribution >= 0.6 is 11.8 Å². The highest BCUT2D eigenvalue weighted by atomic mass is 32.2. The number of nitrogens with one attached hydrogen (secondary N) is 1. The van der Waals surface area contributed by atoms with E-state index in [1.54, 1.807) is 19.9 Å². The highest BCUT2D eigenvalue weighted by Gasteiger charge is 2.35. The average Bonchev–Trinajstić information content (AvgIpc) is 2.69. The van der Waals surface area contributed by atoms with Crippen molar-refractivity contribution in [3.8, 4) is 0 Å². The number of alkyl halides is 3. The van der Waals surface area contributed by atoms with E-state index in [0.717, 1.165) is 16.4 Å². The van der Waals surface area contributed by atoms with Crippen molar-refractivity contribution in [1.82, 2.24) is 15.3 Å². The van der Waals surface area contributed by atoms with Crippen LogP contribution < -0.4 is 11.0 Å². The lowest BCUT2D eigenvalue weighted by Crippen LogP contribution is -2.27. The van der Waals surface area contributed by atoms with Gasteiger partial charge in [0.25, 0.3) is 5.56 Å². The standard InChI is InChI=1S/C12H14F3N3O2S/c1-11(2)4-9(17-20-11)21-6-7-8(12(13,14)15)5-16-18(3)10(7)19/h4-5,17H,6H2,1-3H3.